The van der Waals surface area contributed by atoms with Crippen LogP contribution in [-0.2, 0) is 18.9 Å². The highest BCUT2D eigenvalue weighted by molar-refractivity contribution is 5.33. The van der Waals surface area contributed by atoms with Crippen LogP contribution in [0.15, 0.2) is 18.2 Å². The molecule has 0 aliphatic carbocycles. The summed E-state index contributed by atoms with van der Waals surface area (Å²) in [5.74, 6) is 0. The molecular formula is C15H20F6N+. The fraction of sp³-hybridized carbons (Fsp3) is 0.600. The van der Waals surface area contributed by atoms with Gasteiger partial charge in [0.1, 0.15) is 6.54 Å². The fourth-order valence-corrected chi connectivity index (χ4v) is 2.50. The highest BCUT2D eigenvalue weighted by atomic mass is 19.4. The van der Waals surface area contributed by atoms with Gasteiger partial charge in [0.2, 0.25) is 0 Å². The van der Waals surface area contributed by atoms with E-state index in [1.807, 2.05) is 20.8 Å². The zero-order valence-electron chi connectivity index (χ0n) is 12.8. The smallest absolute Gasteiger partial charge is 0.321 e. The summed E-state index contributed by atoms with van der Waals surface area (Å²) in [6.07, 6.45) is -9.59. The van der Waals surface area contributed by atoms with Crippen molar-refractivity contribution in [2.24, 2.45) is 0 Å². The molecule has 1 aromatic carbocycles. The second kappa shape index (κ2) is 6.48. The maximum absolute atomic E-state index is 12.8. The molecule has 0 aliphatic heterocycles. The summed E-state index contributed by atoms with van der Waals surface area (Å²) in [4.78, 5) is 0. The van der Waals surface area contributed by atoms with E-state index in [-0.39, 0.29) is 18.2 Å². The molecule has 1 nitrogen and oxygen atoms in total. The Kier molecular flexibility index (Phi) is 5.54. The van der Waals surface area contributed by atoms with Crippen LogP contribution in [0, 0.1) is 0 Å². The van der Waals surface area contributed by atoms with Crippen LogP contribution in [0.2, 0.25) is 0 Å². The van der Waals surface area contributed by atoms with E-state index in [1.165, 1.54) is 0 Å². The largest absolute Gasteiger partial charge is 0.416 e. The summed E-state index contributed by atoms with van der Waals surface area (Å²) < 4.78 is 77.5. The summed E-state index contributed by atoms with van der Waals surface area (Å²) in [7, 11) is 0. The number of benzene rings is 1. The van der Waals surface area contributed by atoms with Crippen molar-refractivity contribution < 1.29 is 30.8 Å². The monoisotopic (exact) mass is 328 g/mol. The van der Waals surface area contributed by atoms with E-state index in [0.717, 1.165) is 12.1 Å². The average molecular weight is 328 g/mol. The molecule has 0 aliphatic rings. The lowest BCUT2D eigenvalue weighted by molar-refractivity contribution is -0.936. The van der Waals surface area contributed by atoms with E-state index in [0.29, 0.717) is 24.1 Å². The van der Waals surface area contributed by atoms with Gasteiger partial charge in [0.05, 0.1) is 30.8 Å². The SMILES string of the molecule is CC[N+](CC)(CC)Cc1cc(C(F)(F)F)cc(C(F)(F)F)c1. The van der Waals surface area contributed by atoms with Gasteiger partial charge in [-0.3, -0.25) is 0 Å². The molecule has 0 unspecified atom stereocenters. The predicted octanol–water partition coefficient (Wildman–Crippen LogP) is 5.10. The van der Waals surface area contributed by atoms with Crippen LogP contribution < -0.4 is 0 Å². The molecule has 0 fully saturated rings. The van der Waals surface area contributed by atoms with Crippen molar-refractivity contribution in [3.63, 3.8) is 0 Å². The Balaban J connectivity index is 3.36. The van der Waals surface area contributed by atoms with Crippen LogP contribution in [0.25, 0.3) is 0 Å². The van der Waals surface area contributed by atoms with Gasteiger partial charge in [-0.05, 0) is 39.0 Å². The number of halogens is 6. The number of hydrogen-bond acceptors (Lipinski definition) is 0. The highest BCUT2D eigenvalue weighted by Gasteiger charge is 2.37. The summed E-state index contributed by atoms with van der Waals surface area (Å²) in [5, 5.41) is 0. The molecule has 0 saturated carbocycles. The van der Waals surface area contributed by atoms with Gasteiger partial charge >= 0.3 is 12.4 Å². The average Bonchev–Trinajstić information content (AvgIpc) is 2.43. The van der Waals surface area contributed by atoms with Crippen molar-refractivity contribution in [1.82, 2.24) is 0 Å². The molecular weight excluding hydrogens is 308 g/mol. The highest BCUT2D eigenvalue weighted by Crippen LogP contribution is 2.36. The van der Waals surface area contributed by atoms with Gasteiger partial charge in [-0.1, -0.05) is 0 Å². The van der Waals surface area contributed by atoms with Crippen LogP contribution in [0.5, 0.6) is 0 Å². The maximum Gasteiger partial charge on any atom is 0.416 e. The number of alkyl halides is 6. The standard InChI is InChI=1S/C15H20F6N/c1-4-22(5-2,6-3)10-11-7-12(14(16,17)18)9-13(8-11)15(19,20)21/h7-9H,4-6,10H2,1-3H3/q+1. The third-order valence-corrected chi connectivity index (χ3v) is 4.18. The normalized spacial score (nSPS) is 13.5. The minimum absolute atomic E-state index is 0.0627. The van der Waals surface area contributed by atoms with E-state index in [2.05, 4.69) is 0 Å². The van der Waals surface area contributed by atoms with Crippen LogP contribution in [0.3, 0.4) is 0 Å². The fourth-order valence-electron chi connectivity index (χ4n) is 2.50. The Morgan fingerprint density at radius 3 is 1.36 bits per heavy atom. The van der Waals surface area contributed by atoms with Crippen molar-refractivity contribution in [2.45, 2.75) is 39.7 Å². The van der Waals surface area contributed by atoms with E-state index in [4.69, 9.17) is 0 Å². The molecule has 22 heavy (non-hydrogen) atoms. The van der Waals surface area contributed by atoms with Gasteiger partial charge in [-0.25, -0.2) is 0 Å². The van der Waals surface area contributed by atoms with Crippen molar-refractivity contribution in [2.75, 3.05) is 19.6 Å². The van der Waals surface area contributed by atoms with Crippen molar-refractivity contribution in [3.8, 4) is 0 Å². The topological polar surface area (TPSA) is 0 Å². The van der Waals surface area contributed by atoms with Crippen LogP contribution >= 0.6 is 0 Å². The Labute approximate surface area is 126 Å². The van der Waals surface area contributed by atoms with Crippen molar-refractivity contribution >= 4 is 0 Å². The summed E-state index contributed by atoms with van der Waals surface area (Å²) >= 11 is 0. The minimum atomic E-state index is -4.80. The lowest BCUT2D eigenvalue weighted by atomic mass is 10.0. The van der Waals surface area contributed by atoms with Crippen LogP contribution in [-0.4, -0.2) is 24.1 Å². The molecule has 1 rings (SSSR count). The van der Waals surface area contributed by atoms with Gasteiger partial charge < -0.3 is 4.48 Å². The van der Waals surface area contributed by atoms with E-state index in [9.17, 15) is 26.3 Å². The number of hydrogen-bond donors (Lipinski definition) is 0. The molecule has 1 aromatic rings. The van der Waals surface area contributed by atoms with E-state index in [1.54, 1.807) is 0 Å². The third kappa shape index (κ3) is 4.38. The van der Waals surface area contributed by atoms with Crippen molar-refractivity contribution in [1.29, 1.82) is 0 Å². The number of quaternary nitrogens is 1. The van der Waals surface area contributed by atoms with Crippen LogP contribution in [0.1, 0.15) is 37.5 Å². The quantitative estimate of drug-likeness (QED) is 0.521. The van der Waals surface area contributed by atoms with E-state index >= 15 is 0 Å². The molecule has 0 saturated heterocycles. The predicted molar refractivity (Wildman–Crippen MR) is 72.0 cm³/mol. The Bertz CT molecular complexity index is 459. The zero-order chi connectivity index (χ0) is 17.2. The van der Waals surface area contributed by atoms with Gasteiger partial charge in [-0.15, -0.1) is 0 Å². The van der Waals surface area contributed by atoms with Crippen molar-refractivity contribution in [3.05, 3.63) is 34.9 Å². The van der Waals surface area contributed by atoms with Gasteiger partial charge in [0, 0.05) is 5.56 Å². The van der Waals surface area contributed by atoms with Crippen LogP contribution in [0.4, 0.5) is 26.3 Å². The lowest BCUT2D eigenvalue weighted by Gasteiger charge is -2.36. The second-order valence-corrected chi connectivity index (χ2v) is 5.36. The molecule has 0 radical (unpaired) electrons. The molecule has 0 N–H and O–H groups in total. The Morgan fingerprint density at radius 2 is 1.09 bits per heavy atom. The Morgan fingerprint density at radius 1 is 0.727 bits per heavy atom. The first kappa shape index (κ1) is 18.8. The summed E-state index contributed by atoms with van der Waals surface area (Å²) in [5.41, 5.74) is -2.44. The number of rotatable bonds is 5. The molecule has 0 bridgehead atoms. The molecule has 0 aromatic heterocycles. The first-order valence-electron chi connectivity index (χ1n) is 7.11. The first-order valence-corrected chi connectivity index (χ1v) is 7.11. The molecule has 7 heteroatoms. The summed E-state index contributed by atoms with van der Waals surface area (Å²) in [6.45, 7) is 7.72. The first-order chi connectivity index (χ1) is 9.97. The molecule has 0 atom stereocenters. The van der Waals surface area contributed by atoms with Gasteiger partial charge in [0.25, 0.3) is 0 Å². The minimum Gasteiger partial charge on any atom is -0.321 e. The molecule has 0 spiro atoms. The molecule has 0 heterocycles. The summed E-state index contributed by atoms with van der Waals surface area (Å²) in [6, 6.07) is 1.81. The third-order valence-electron chi connectivity index (χ3n) is 4.18. The van der Waals surface area contributed by atoms with E-state index < -0.39 is 23.5 Å². The molecule has 126 valence electrons. The van der Waals surface area contributed by atoms with Gasteiger partial charge in [-0.2, -0.15) is 26.3 Å². The second-order valence-electron chi connectivity index (χ2n) is 5.36. The maximum atomic E-state index is 12.8. The lowest BCUT2D eigenvalue weighted by Crippen LogP contribution is -2.46. The Hall–Kier alpha value is -1.24. The zero-order valence-corrected chi connectivity index (χ0v) is 12.8. The number of nitrogens with zero attached hydrogens (tertiary/aromatic N) is 1. The van der Waals surface area contributed by atoms with Gasteiger partial charge in [0.15, 0.2) is 0 Å². The molecule has 0 amide bonds.